The second-order valence-electron chi connectivity index (χ2n) is 5.33. The standard InChI is InChI=1S/C17H21NS/c1-3-14-8-9-17(19-14)16(18-2)11-13-10-12-6-4-5-7-15(12)13/h4-9,13,16,18H,3,10-11H2,1-2H3. The molecule has 2 atom stereocenters. The lowest BCUT2D eigenvalue weighted by Crippen LogP contribution is -2.24. The quantitative estimate of drug-likeness (QED) is 0.855. The van der Waals surface area contributed by atoms with Gasteiger partial charge in [-0.15, -0.1) is 11.3 Å². The maximum Gasteiger partial charge on any atom is 0.0418 e. The maximum absolute atomic E-state index is 3.50. The predicted molar refractivity (Wildman–Crippen MR) is 83.0 cm³/mol. The third-order valence-electron chi connectivity index (χ3n) is 4.20. The molecule has 0 fully saturated rings. The first kappa shape index (κ1) is 12.9. The van der Waals surface area contributed by atoms with Crippen molar-refractivity contribution < 1.29 is 0 Å². The van der Waals surface area contributed by atoms with Gasteiger partial charge in [0.25, 0.3) is 0 Å². The Kier molecular flexibility index (Phi) is 3.72. The minimum absolute atomic E-state index is 0.503. The fourth-order valence-electron chi connectivity index (χ4n) is 3.01. The van der Waals surface area contributed by atoms with Gasteiger partial charge in [0, 0.05) is 15.8 Å². The molecule has 1 heterocycles. The van der Waals surface area contributed by atoms with E-state index in [4.69, 9.17) is 0 Å². The van der Waals surface area contributed by atoms with E-state index in [2.05, 4.69) is 55.7 Å². The van der Waals surface area contributed by atoms with Crippen LogP contribution in [0.2, 0.25) is 0 Å². The summed E-state index contributed by atoms with van der Waals surface area (Å²) < 4.78 is 0. The van der Waals surface area contributed by atoms with Crippen molar-refractivity contribution in [1.29, 1.82) is 0 Å². The van der Waals surface area contributed by atoms with Gasteiger partial charge in [-0.25, -0.2) is 0 Å². The van der Waals surface area contributed by atoms with Crippen molar-refractivity contribution >= 4 is 11.3 Å². The maximum atomic E-state index is 3.50. The minimum Gasteiger partial charge on any atom is -0.312 e. The molecule has 0 amide bonds. The van der Waals surface area contributed by atoms with Crippen LogP contribution in [0.3, 0.4) is 0 Å². The predicted octanol–water partition coefficient (Wildman–Crippen LogP) is 4.30. The van der Waals surface area contributed by atoms with Crippen LogP contribution in [0.4, 0.5) is 0 Å². The first-order valence-electron chi connectivity index (χ1n) is 7.15. The summed E-state index contributed by atoms with van der Waals surface area (Å²) in [5.41, 5.74) is 3.11. The van der Waals surface area contributed by atoms with E-state index >= 15 is 0 Å². The average molecular weight is 271 g/mol. The highest BCUT2D eigenvalue weighted by atomic mass is 32.1. The van der Waals surface area contributed by atoms with Crippen LogP contribution in [0.1, 0.15) is 46.2 Å². The SMILES string of the molecule is CCc1ccc(C(CC2Cc3ccccc32)NC)s1. The molecule has 19 heavy (non-hydrogen) atoms. The topological polar surface area (TPSA) is 12.0 Å². The average Bonchev–Trinajstić information content (AvgIpc) is 2.89. The monoisotopic (exact) mass is 271 g/mol. The normalized spacial score (nSPS) is 18.7. The van der Waals surface area contributed by atoms with Gasteiger partial charge in [-0.3, -0.25) is 0 Å². The van der Waals surface area contributed by atoms with Gasteiger partial charge in [0.2, 0.25) is 0 Å². The van der Waals surface area contributed by atoms with Crippen molar-refractivity contribution in [2.75, 3.05) is 7.05 Å². The molecule has 2 heteroatoms. The van der Waals surface area contributed by atoms with Gasteiger partial charge in [-0.1, -0.05) is 31.2 Å². The number of hydrogen-bond acceptors (Lipinski definition) is 2. The van der Waals surface area contributed by atoms with Crippen LogP contribution in [0.15, 0.2) is 36.4 Å². The number of benzene rings is 1. The van der Waals surface area contributed by atoms with Gasteiger partial charge in [0.1, 0.15) is 0 Å². The Morgan fingerprint density at radius 1 is 1.26 bits per heavy atom. The summed E-state index contributed by atoms with van der Waals surface area (Å²) in [7, 11) is 2.08. The number of nitrogens with one attached hydrogen (secondary N) is 1. The minimum atomic E-state index is 0.503. The van der Waals surface area contributed by atoms with Gasteiger partial charge in [-0.2, -0.15) is 0 Å². The number of thiophene rings is 1. The molecule has 0 radical (unpaired) electrons. The Balaban J connectivity index is 1.72. The molecule has 0 saturated carbocycles. The molecule has 0 spiro atoms. The molecule has 1 aromatic carbocycles. The second kappa shape index (κ2) is 5.48. The van der Waals surface area contributed by atoms with Crippen molar-refractivity contribution in [3.05, 3.63) is 57.3 Å². The first-order chi connectivity index (χ1) is 9.31. The van der Waals surface area contributed by atoms with Gasteiger partial charge < -0.3 is 5.32 Å². The zero-order chi connectivity index (χ0) is 13.2. The van der Waals surface area contributed by atoms with E-state index in [1.54, 1.807) is 11.1 Å². The van der Waals surface area contributed by atoms with Crippen molar-refractivity contribution in [3.63, 3.8) is 0 Å². The first-order valence-corrected chi connectivity index (χ1v) is 7.97. The van der Waals surface area contributed by atoms with Crippen LogP contribution in [0, 0.1) is 0 Å². The van der Waals surface area contributed by atoms with Gasteiger partial charge >= 0.3 is 0 Å². The Morgan fingerprint density at radius 3 is 2.79 bits per heavy atom. The van der Waals surface area contributed by atoms with Gasteiger partial charge in [0.05, 0.1) is 0 Å². The number of fused-ring (bicyclic) bond motifs is 1. The lowest BCUT2D eigenvalue weighted by atomic mass is 9.74. The molecule has 2 unspecified atom stereocenters. The summed E-state index contributed by atoms with van der Waals surface area (Å²) >= 11 is 1.96. The fraction of sp³-hybridized carbons (Fsp3) is 0.412. The van der Waals surface area contributed by atoms with Crippen molar-refractivity contribution in [2.45, 2.75) is 38.1 Å². The second-order valence-corrected chi connectivity index (χ2v) is 6.53. The summed E-state index contributed by atoms with van der Waals surface area (Å²) in [6.07, 6.45) is 3.62. The van der Waals surface area contributed by atoms with E-state index in [0.29, 0.717) is 6.04 Å². The molecule has 1 N–H and O–H groups in total. The summed E-state index contributed by atoms with van der Waals surface area (Å²) in [5.74, 6) is 0.737. The Morgan fingerprint density at radius 2 is 2.11 bits per heavy atom. The zero-order valence-corrected chi connectivity index (χ0v) is 12.5. The van der Waals surface area contributed by atoms with E-state index < -0.39 is 0 Å². The number of hydrogen-bond donors (Lipinski definition) is 1. The molecular formula is C17H21NS. The van der Waals surface area contributed by atoms with Crippen LogP contribution in [0.5, 0.6) is 0 Å². The van der Waals surface area contributed by atoms with Crippen LogP contribution in [-0.4, -0.2) is 7.05 Å². The Bertz CT molecular complexity index is 558. The van der Waals surface area contributed by atoms with E-state index in [0.717, 1.165) is 12.3 Å². The number of aryl methyl sites for hydroxylation is 1. The molecular weight excluding hydrogens is 250 g/mol. The van der Waals surface area contributed by atoms with Gasteiger partial charge in [0.15, 0.2) is 0 Å². The van der Waals surface area contributed by atoms with Crippen molar-refractivity contribution in [2.24, 2.45) is 0 Å². The van der Waals surface area contributed by atoms with Crippen molar-refractivity contribution in [3.8, 4) is 0 Å². The summed E-state index contributed by atoms with van der Waals surface area (Å²) in [6, 6.07) is 14.0. The summed E-state index contributed by atoms with van der Waals surface area (Å²) in [4.78, 5) is 2.98. The lowest BCUT2D eigenvalue weighted by Gasteiger charge is -2.32. The van der Waals surface area contributed by atoms with Crippen molar-refractivity contribution in [1.82, 2.24) is 5.32 Å². The number of rotatable bonds is 5. The van der Waals surface area contributed by atoms with E-state index in [1.165, 1.54) is 22.6 Å². The van der Waals surface area contributed by atoms with Crippen LogP contribution in [-0.2, 0) is 12.8 Å². The highest BCUT2D eigenvalue weighted by Gasteiger charge is 2.28. The third-order valence-corrected chi connectivity index (χ3v) is 5.55. The highest BCUT2D eigenvalue weighted by Crippen LogP contribution is 2.41. The van der Waals surface area contributed by atoms with E-state index in [1.807, 2.05) is 11.3 Å². The largest absolute Gasteiger partial charge is 0.312 e. The highest BCUT2D eigenvalue weighted by molar-refractivity contribution is 7.12. The molecule has 0 saturated heterocycles. The smallest absolute Gasteiger partial charge is 0.0418 e. The zero-order valence-electron chi connectivity index (χ0n) is 11.6. The van der Waals surface area contributed by atoms with Crippen LogP contribution in [0.25, 0.3) is 0 Å². The van der Waals surface area contributed by atoms with Crippen LogP contribution >= 0.6 is 11.3 Å². The molecule has 1 aromatic heterocycles. The molecule has 3 rings (SSSR count). The van der Waals surface area contributed by atoms with E-state index in [-0.39, 0.29) is 0 Å². The Hall–Kier alpha value is -1.12. The Labute approximate surface area is 119 Å². The molecule has 1 nitrogen and oxygen atoms in total. The molecule has 1 aliphatic rings. The molecule has 0 bridgehead atoms. The fourth-order valence-corrected chi connectivity index (χ4v) is 4.08. The van der Waals surface area contributed by atoms with E-state index in [9.17, 15) is 0 Å². The third kappa shape index (κ3) is 2.47. The summed E-state index contributed by atoms with van der Waals surface area (Å²) in [6.45, 7) is 2.23. The molecule has 1 aliphatic carbocycles. The summed E-state index contributed by atoms with van der Waals surface area (Å²) in [5, 5.41) is 3.50. The molecule has 0 aliphatic heterocycles. The lowest BCUT2D eigenvalue weighted by molar-refractivity contribution is 0.457. The molecule has 2 aromatic rings. The van der Waals surface area contributed by atoms with Gasteiger partial charge in [-0.05, 0) is 55.5 Å². The molecule has 100 valence electrons. The van der Waals surface area contributed by atoms with Crippen LogP contribution < -0.4 is 5.32 Å².